The van der Waals surface area contributed by atoms with Gasteiger partial charge in [0.1, 0.15) is 29.6 Å². The minimum atomic E-state index is -4.81. The number of aryl methyl sites for hydroxylation is 1. The van der Waals surface area contributed by atoms with E-state index >= 15 is 0 Å². The summed E-state index contributed by atoms with van der Waals surface area (Å²) in [5.41, 5.74) is 0.237. The first-order valence-corrected chi connectivity index (χ1v) is 14.3. The Morgan fingerprint density at radius 1 is 1.05 bits per heavy atom. The number of sulfonamides is 1. The van der Waals surface area contributed by atoms with Crippen molar-refractivity contribution in [3.63, 3.8) is 0 Å². The molecule has 44 heavy (non-hydrogen) atoms. The number of aromatic nitrogens is 5. The van der Waals surface area contributed by atoms with Crippen LogP contribution in [-0.4, -0.2) is 57.5 Å². The summed E-state index contributed by atoms with van der Waals surface area (Å²) >= 11 is 0. The van der Waals surface area contributed by atoms with Crippen LogP contribution in [0.5, 0.6) is 0 Å². The molecule has 0 saturated heterocycles. The van der Waals surface area contributed by atoms with Gasteiger partial charge in [0.25, 0.3) is 17.7 Å². The molecule has 3 amide bonds. The van der Waals surface area contributed by atoms with Gasteiger partial charge in [0, 0.05) is 23.7 Å². The van der Waals surface area contributed by atoms with Crippen LogP contribution in [0.1, 0.15) is 49.5 Å². The lowest BCUT2D eigenvalue weighted by Crippen LogP contribution is -2.40. The molecule has 4 aromatic rings. The van der Waals surface area contributed by atoms with Crippen molar-refractivity contribution in [2.45, 2.75) is 25.7 Å². The van der Waals surface area contributed by atoms with Crippen molar-refractivity contribution < 1.29 is 40.4 Å². The van der Waals surface area contributed by atoms with Crippen molar-refractivity contribution >= 4 is 33.4 Å². The number of fused-ring (bicyclic) bond motifs is 1. The van der Waals surface area contributed by atoms with Crippen LogP contribution in [0.4, 0.5) is 23.2 Å². The first-order valence-electron chi connectivity index (χ1n) is 12.5. The highest BCUT2D eigenvalue weighted by atomic mass is 32.2. The van der Waals surface area contributed by atoms with Crippen molar-refractivity contribution in [2.75, 3.05) is 10.6 Å². The molecule has 0 bridgehead atoms. The zero-order valence-corrected chi connectivity index (χ0v) is 23.4. The quantitative estimate of drug-likeness (QED) is 0.258. The number of carbonyl (C=O) groups is 3. The van der Waals surface area contributed by atoms with Crippen LogP contribution in [0.3, 0.4) is 0 Å². The van der Waals surface area contributed by atoms with E-state index in [1.807, 2.05) is 0 Å². The number of carbonyl (C=O) groups excluding carboxylic acids is 3. The molecule has 3 heterocycles. The second-order valence-corrected chi connectivity index (χ2v) is 11.4. The topological polar surface area (TPSA) is 180 Å². The molecule has 0 saturated carbocycles. The fraction of sp³-hybridized carbons (Fsp3) is 0.192. The zero-order chi connectivity index (χ0) is 32.0. The summed E-state index contributed by atoms with van der Waals surface area (Å²) in [6.07, 6.45) is -3.13. The minimum Gasteiger partial charge on any atom is -0.347 e. The normalized spacial score (nSPS) is 14.8. The number of nitrogens with zero attached hydrogens (tertiary/aromatic N) is 5. The molecule has 1 aliphatic heterocycles. The molecular formula is C26H20F4N8O5S. The molecular weight excluding hydrogens is 612 g/mol. The molecule has 0 fully saturated rings. The van der Waals surface area contributed by atoms with E-state index in [2.05, 4.69) is 30.7 Å². The monoisotopic (exact) mass is 632 g/mol. The lowest BCUT2D eigenvalue weighted by atomic mass is 10.0. The Hall–Kier alpha value is -5.26. The van der Waals surface area contributed by atoms with Crippen LogP contribution in [-0.2, 0) is 27.5 Å². The molecule has 0 aliphatic carbocycles. The first kappa shape index (κ1) is 30.2. The molecule has 0 spiro atoms. The van der Waals surface area contributed by atoms with Gasteiger partial charge in [-0.25, -0.2) is 32.1 Å². The van der Waals surface area contributed by atoms with E-state index in [-0.39, 0.29) is 34.7 Å². The van der Waals surface area contributed by atoms with E-state index in [9.17, 15) is 40.4 Å². The van der Waals surface area contributed by atoms with Gasteiger partial charge in [-0.1, -0.05) is 24.3 Å². The van der Waals surface area contributed by atoms with Gasteiger partial charge >= 0.3 is 6.18 Å². The van der Waals surface area contributed by atoms with Gasteiger partial charge in [0.05, 0.1) is 11.9 Å². The predicted octanol–water partition coefficient (Wildman–Crippen LogP) is 2.44. The van der Waals surface area contributed by atoms with Gasteiger partial charge in [-0.15, -0.1) is 0 Å². The fourth-order valence-electron chi connectivity index (χ4n) is 4.37. The Morgan fingerprint density at radius 2 is 1.75 bits per heavy atom. The highest BCUT2D eigenvalue weighted by Gasteiger charge is 2.43. The third kappa shape index (κ3) is 5.96. The molecule has 2 aromatic carbocycles. The Balaban J connectivity index is 1.37. The number of amides is 3. The summed E-state index contributed by atoms with van der Waals surface area (Å²) in [6.45, 7) is 1.61. The highest BCUT2D eigenvalue weighted by molar-refractivity contribution is 7.92. The molecule has 1 atom stereocenters. The SMILES string of the molecule is Cc1cc(CNC(=O)c2cc(C(=O)N[C@H]3C(=O)N(S(C)(=O)=O)c4cc(-c5n[nH]c(C(F)(F)F)n5)ccc43)ncn2)ccc1F. The second kappa shape index (κ2) is 11.1. The van der Waals surface area contributed by atoms with Crippen molar-refractivity contribution in [3.8, 4) is 11.4 Å². The molecule has 5 rings (SSSR count). The summed E-state index contributed by atoms with van der Waals surface area (Å²) < 4.78 is 77.9. The summed E-state index contributed by atoms with van der Waals surface area (Å²) in [4.78, 5) is 50.0. The van der Waals surface area contributed by atoms with Crippen molar-refractivity contribution in [1.29, 1.82) is 0 Å². The fourth-order valence-corrected chi connectivity index (χ4v) is 5.32. The van der Waals surface area contributed by atoms with E-state index in [4.69, 9.17) is 0 Å². The van der Waals surface area contributed by atoms with E-state index in [1.54, 1.807) is 18.1 Å². The molecule has 18 heteroatoms. The van der Waals surface area contributed by atoms with Crippen LogP contribution in [0.2, 0.25) is 0 Å². The van der Waals surface area contributed by atoms with Crippen LogP contribution in [0.25, 0.3) is 11.4 Å². The third-order valence-electron chi connectivity index (χ3n) is 6.43. The van der Waals surface area contributed by atoms with Gasteiger partial charge < -0.3 is 10.6 Å². The minimum absolute atomic E-state index is 0.0192. The van der Waals surface area contributed by atoms with Crippen LogP contribution in [0, 0.1) is 12.7 Å². The van der Waals surface area contributed by atoms with E-state index in [1.165, 1.54) is 24.3 Å². The maximum absolute atomic E-state index is 13.5. The summed E-state index contributed by atoms with van der Waals surface area (Å²) in [7, 11) is -4.26. The maximum atomic E-state index is 13.5. The lowest BCUT2D eigenvalue weighted by Gasteiger charge is -2.15. The summed E-state index contributed by atoms with van der Waals surface area (Å²) in [6, 6.07) is 7.45. The predicted molar refractivity (Wildman–Crippen MR) is 144 cm³/mol. The first-order chi connectivity index (χ1) is 20.6. The lowest BCUT2D eigenvalue weighted by molar-refractivity contribution is -0.144. The Bertz CT molecular complexity index is 1930. The molecule has 0 unspecified atom stereocenters. The number of H-pyrrole nitrogens is 1. The second-order valence-electron chi connectivity index (χ2n) is 9.61. The number of hydrogen-bond acceptors (Lipinski definition) is 9. The number of rotatable bonds is 7. The molecule has 2 aromatic heterocycles. The zero-order valence-electron chi connectivity index (χ0n) is 22.6. The van der Waals surface area contributed by atoms with Gasteiger partial charge in [0.2, 0.25) is 15.8 Å². The Kier molecular flexibility index (Phi) is 7.62. The number of aromatic amines is 1. The highest BCUT2D eigenvalue weighted by Crippen LogP contribution is 2.40. The summed E-state index contributed by atoms with van der Waals surface area (Å²) in [5.74, 6) is -4.89. The van der Waals surface area contributed by atoms with Gasteiger partial charge in [-0.05, 0) is 30.2 Å². The largest absolute Gasteiger partial charge is 0.451 e. The average molecular weight is 633 g/mol. The Labute approximate surface area is 245 Å². The van der Waals surface area contributed by atoms with Crippen molar-refractivity contribution in [2.24, 2.45) is 0 Å². The molecule has 13 nitrogen and oxygen atoms in total. The van der Waals surface area contributed by atoms with Crippen LogP contribution in [0.15, 0.2) is 48.8 Å². The van der Waals surface area contributed by atoms with Crippen molar-refractivity contribution in [3.05, 3.63) is 88.5 Å². The summed E-state index contributed by atoms with van der Waals surface area (Å²) in [5, 5.41) is 10.2. The van der Waals surface area contributed by atoms with Gasteiger partial charge in [-0.3, -0.25) is 19.5 Å². The number of nitrogens with one attached hydrogen (secondary N) is 3. The standard InChI is InChI=1S/C26H20F4N8O5S/c1-12-7-13(3-6-16(12)27)10-31-22(39)17-9-18(33-11-32-17)23(40)34-20-15-5-4-14(21-35-25(37-36-21)26(28,29)30)8-19(15)38(24(20)41)44(2,42)43/h3-9,11,20H,10H2,1-2H3,(H,31,39)(H,34,40)(H,35,36,37)/t20-/m1/s1. The van der Waals surface area contributed by atoms with Crippen molar-refractivity contribution in [1.82, 2.24) is 35.8 Å². The van der Waals surface area contributed by atoms with Crippen LogP contribution >= 0.6 is 0 Å². The number of anilines is 1. The van der Waals surface area contributed by atoms with Crippen LogP contribution < -0.4 is 14.9 Å². The molecule has 3 N–H and O–H groups in total. The Morgan fingerprint density at radius 3 is 2.39 bits per heavy atom. The molecule has 1 aliphatic rings. The van der Waals surface area contributed by atoms with E-state index in [0.717, 1.165) is 24.7 Å². The van der Waals surface area contributed by atoms with Gasteiger partial charge in [0.15, 0.2) is 5.82 Å². The number of halogens is 4. The average Bonchev–Trinajstić information content (AvgIpc) is 3.57. The molecule has 0 radical (unpaired) electrons. The van der Waals surface area contributed by atoms with E-state index < -0.39 is 57.4 Å². The number of alkyl halides is 3. The number of benzene rings is 2. The number of hydrogen-bond donors (Lipinski definition) is 3. The molecule has 228 valence electrons. The smallest absolute Gasteiger partial charge is 0.347 e. The third-order valence-corrected chi connectivity index (χ3v) is 7.47. The van der Waals surface area contributed by atoms with Gasteiger partial charge in [-0.2, -0.15) is 18.3 Å². The van der Waals surface area contributed by atoms with E-state index in [0.29, 0.717) is 15.4 Å². The maximum Gasteiger partial charge on any atom is 0.451 e.